The molecule has 0 aromatic heterocycles. The lowest BCUT2D eigenvalue weighted by atomic mass is 10.0. The lowest BCUT2D eigenvalue weighted by molar-refractivity contribution is -0.130. The van der Waals surface area contributed by atoms with E-state index >= 15 is 0 Å². The molecule has 0 aliphatic carbocycles. The fourth-order valence-electron chi connectivity index (χ4n) is 3.36. The highest BCUT2D eigenvalue weighted by Gasteiger charge is 2.11. The molecule has 4 aromatic rings. The van der Waals surface area contributed by atoms with Crippen LogP contribution >= 0.6 is 23.5 Å². The molecular weight excluding hydrogens is 488 g/mol. The predicted octanol–water partition coefficient (Wildman–Crippen LogP) is 7.73. The molecule has 0 saturated carbocycles. The molecule has 4 nitrogen and oxygen atoms in total. The predicted molar refractivity (Wildman–Crippen MR) is 148 cm³/mol. The highest BCUT2D eigenvalue weighted by atomic mass is 32.2. The maximum absolute atomic E-state index is 12.8. The number of hydrogen-bond donors (Lipinski definition) is 0. The zero-order valence-corrected chi connectivity index (χ0v) is 21.2. The van der Waals surface area contributed by atoms with E-state index in [1.807, 2.05) is 54.6 Å². The summed E-state index contributed by atoms with van der Waals surface area (Å²) in [5.74, 6) is -0.0819. The van der Waals surface area contributed by atoms with Crippen molar-refractivity contribution in [3.63, 3.8) is 0 Å². The van der Waals surface area contributed by atoms with Crippen LogP contribution in [0.4, 0.5) is 0 Å². The van der Waals surface area contributed by atoms with E-state index in [9.17, 15) is 14.4 Å². The van der Waals surface area contributed by atoms with Crippen molar-refractivity contribution in [3.05, 3.63) is 115 Å². The Morgan fingerprint density at radius 1 is 0.750 bits per heavy atom. The molecule has 4 aromatic carbocycles. The van der Waals surface area contributed by atoms with Crippen molar-refractivity contribution in [2.24, 2.45) is 0 Å². The van der Waals surface area contributed by atoms with Crippen molar-refractivity contribution in [2.45, 2.75) is 16.7 Å². The first-order chi connectivity index (χ1) is 17.3. The molecule has 0 aliphatic heterocycles. The van der Waals surface area contributed by atoms with Crippen LogP contribution in [0.1, 0.15) is 17.3 Å². The summed E-state index contributed by atoms with van der Waals surface area (Å²) >= 11 is 2.27. The number of hydrogen-bond acceptors (Lipinski definition) is 6. The number of benzene rings is 4. The van der Waals surface area contributed by atoms with Crippen molar-refractivity contribution in [1.82, 2.24) is 0 Å². The van der Waals surface area contributed by atoms with Crippen LogP contribution in [0, 0.1) is 0 Å². The first-order valence-corrected chi connectivity index (χ1v) is 12.6. The number of esters is 1. The molecule has 6 heteroatoms. The van der Waals surface area contributed by atoms with E-state index in [0.29, 0.717) is 16.9 Å². The molecule has 0 amide bonds. The van der Waals surface area contributed by atoms with Crippen molar-refractivity contribution < 1.29 is 19.1 Å². The van der Waals surface area contributed by atoms with Crippen molar-refractivity contribution in [3.8, 4) is 16.9 Å². The van der Waals surface area contributed by atoms with Gasteiger partial charge < -0.3 is 4.74 Å². The van der Waals surface area contributed by atoms with Crippen LogP contribution in [0.2, 0.25) is 0 Å². The second-order valence-electron chi connectivity index (χ2n) is 7.96. The molecule has 0 bridgehead atoms. The Bertz CT molecular complexity index is 1490. The lowest BCUT2D eigenvalue weighted by Gasteiger charge is -2.07. The Morgan fingerprint density at radius 3 is 2.03 bits per heavy atom. The number of rotatable bonds is 7. The molecule has 0 fully saturated rings. The summed E-state index contributed by atoms with van der Waals surface area (Å²) in [4.78, 5) is 37.6. The maximum Gasteiger partial charge on any atom is 0.338 e. The van der Waals surface area contributed by atoms with Gasteiger partial charge in [0.2, 0.25) is 10.2 Å². The van der Waals surface area contributed by atoms with Crippen LogP contribution < -0.4 is 4.74 Å². The normalized spacial score (nSPS) is 10.6. The van der Waals surface area contributed by atoms with Crippen LogP contribution in [0.3, 0.4) is 0 Å². The number of fused-ring (bicyclic) bond motifs is 1. The SMILES string of the molecule is C=CC(=O)Sc1ccc2cc(-c3ccc(C(=O)Sc4ccc(OC(=O)C(=C)C)cc4)cc3)ccc2c1. The first kappa shape index (κ1) is 25.2. The highest BCUT2D eigenvalue weighted by Crippen LogP contribution is 2.30. The van der Waals surface area contributed by atoms with E-state index in [2.05, 4.69) is 19.2 Å². The van der Waals surface area contributed by atoms with E-state index in [0.717, 1.165) is 55.2 Å². The van der Waals surface area contributed by atoms with E-state index in [1.165, 1.54) is 6.08 Å². The lowest BCUT2D eigenvalue weighted by Crippen LogP contribution is -2.07. The third-order valence-corrected chi connectivity index (χ3v) is 7.03. The van der Waals surface area contributed by atoms with E-state index in [-0.39, 0.29) is 10.2 Å². The minimum Gasteiger partial charge on any atom is -0.423 e. The molecule has 0 atom stereocenters. The van der Waals surface area contributed by atoms with Crippen LogP contribution in [0.15, 0.2) is 120 Å². The van der Waals surface area contributed by atoms with Gasteiger partial charge in [0, 0.05) is 20.9 Å². The minimum atomic E-state index is -0.484. The summed E-state index contributed by atoms with van der Waals surface area (Å²) in [6.07, 6.45) is 1.31. The third kappa shape index (κ3) is 6.22. The first-order valence-electron chi connectivity index (χ1n) is 11.0. The second-order valence-corrected chi connectivity index (χ2v) is 10.1. The van der Waals surface area contributed by atoms with Gasteiger partial charge in [-0.25, -0.2) is 4.79 Å². The Kier molecular flexibility index (Phi) is 7.88. The summed E-state index contributed by atoms with van der Waals surface area (Å²) in [7, 11) is 0. The van der Waals surface area contributed by atoms with Crippen LogP contribution in [-0.2, 0) is 9.59 Å². The van der Waals surface area contributed by atoms with Gasteiger partial charge in [-0.2, -0.15) is 0 Å². The Morgan fingerprint density at radius 2 is 1.36 bits per heavy atom. The van der Waals surface area contributed by atoms with Gasteiger partial charge in [0.15, 0.2) is 0 Å². The molecule has 36 heavy (non-hydrogen) atoms. The van der Waals surface area contributed by atoms with E-state index < -0.39 is 5.97 Å². The molecule has 0 saturated heterocycles. The topological polar surface area (TPSA) is 60.4 Å². The van der Waals surface area contributed by atoms with Gasteiger partial charge in [0.25, 0.3) is 0 Å². The Labute approximate surface area is 218 Å². The Balaban J connectivity index is 1.43. The molecule has 0 radical (unpaired) electrons. The molecule has 0 heterocycles. The molecule has 0 N–H and O–H groups in total. The Hall–Kier alpha value is -3.87. The quantitative estimate of drug-likeness (QED) is 0.110. The highest BCUT2D eigenvalue weighted by molar-refractivity contribution is 8.14. The van der Waals surface area contributed by atoms with Crippen molar-refractivity contribution in [2.75, 3.05) is 0 Å². The van der Waals surface area contributed by atoms with Gasteiger partial charge in [0.05, 0.1) is 0 Å². The largest absolute Gasteiger partial charge is 0.423 e. The van der Waals surface area contributed by atoms with Gasteiger partial charge in [-0.1, -0.05) is 43.5 Å². The average molecular weight is 511 g/mol. The fourth-order valence-corrected chi connectivity index (χ4v) is 4.74. The standard InChI is InChI=1S/C30H22O4S2/c1-4-28(31)35-27-14-11-23-17-22(9-10-24(23)18-27)20-5-7-21(8-6-20)30(33)36-26-15-12-25(13-16-26)34-29(32)19(2)3/h4-18H,1-2H2,3H3. The van der Waals surface area contributed by atoms with Gasteiger partial charge in [-0.05, 0) is 113 Å². The van der Waals surface area contributed by atoms with Crippen LogP contribution in [0.5, 0.6) is 5.75 Å². The molecule has 178 valence electrons. The van der Waals surface area contributed by atoms with Crippen LogP contribution in [0.25, 0.3) is 21.9 Å². The zero-order chi connectivity index (χ0) is 25.7. The van der Waals surface area contributed by atoms with Crippen LogP contribution in [-0.4, -0.2) is 16.2 Å². The maximum atomic E-state index is 12.8. The number of ether oxygens (including phenoxy) is 1. The van der Waals surface area contributed by atoms with Crippen molar-refractivity contribution in [1.29, 1.82) is 0 Å². The number of carbonyl (C=O) groups excluding carboxylic acids is 3. The molecule has 0 unspecified atom stereocenters. The molecular formula is C30H22O4S2. The molecule has 4 rings (SSSR count). The van der Waals surface area contributed by atoms with E-state index in [1.54, 1.807) is 31.2 Å². The summed E-state index contributed by atoms with van der Waals surface area (Å²) in [6, 6.07) is 26.3. The number of thioether (sulfide) groups is 2. The zero-order valence-electron chi connectivity index (χ0n) is 19.5. The monoisotopic (exact) mass is 510 g/mol. The second kappa shape index (κ2) is 11.2. The van der Waals surface area contributed by atoms with Crippen molar-refractivity contribution >= 4 is 50.5 Å². The summed E-state index contributed by atoms with van der Waals surface area (Å²) in [5, 5.41) is 1.95. The van der Waals surface area contributed by atoms with Gasteiger partial charge in [-0.15, -0.1) is 0 Å². The summed E-state index contributed by atoms with van der Waals surface area (Å²) in [6.45, 7) is 8.65. The third-order valence-electron chi connectivity index (χ3n) is 5.24. The van der Waals surface area contributed by atoms with Gasteiger partial charge in [0.1, 0.15) is 5.75 Å². The fraction of sp³-hybridized carbons (Fsp3) is 0.0333. The molecule has 0 spiro atoms. The number of carbonyl (C=O) groups is 3. The summed E-state index contributed by atoms with van der Waals surface area (Å²) < 4.78 is 5.18. The minimum absolute atomic E-state index is 0.0779. The summed E-state index contributed by atoms with van der Waals surface area (Å²) in [5.41, 5.74) is 2.95. The van der Waals surface area contributed by atoms with Gasteiger partial charge in [-0.3, -0.25) is 9.59 Å². The van der Waals surface area contributed by atoms with E-state index in [4.69, 9.17) is 4.74 Å². The van der Waals surface area contributed by atoms with Gasteiger partial charge >= 0.3 is 5.97 Å². The average Bonchev–Trinajstić information content (AvgIpc) is 2.89. The smallest absolute Gasteiger partial charge is 0.338 e. The molecule has 0 aliphatic rings.